The topological polar surface area (TPSA) is 64.4 Å². The standard InChI is InChI=1S/C14H26N2O2/c1-10-5-4-7-12(15)13(10)14(17)16-9-11-6-2-3-8-18-11/h10-13H,2-9,15H2,1H3,(H,16,17). The van der Waals surface area contributed by atoms with Crippen molar-refractivity contribution < 1.29 is 9.53 Å². The largest absolute Gasteiger partial charge is 0.376 e. The Morgan fingerprint density at radius 2 is 2.11 bits per heavy atom. The maximum atomic E-state index is 12.2. The zero-order valence-electron chi connectivity index (χ0n) is 11.4. The van der Waals surface area contributed by atoms with Gasteiger partial charge in [0.2, 0.25) is 5.91 Å². The van der Waals surface area contributed by atoms with E-state index < -0.39 is 0 Å². The second-order valence-electron chi connectivity index (χ2n) is 5.83. The van der Waals surface area contributed by atoms with E-state index in [9.17, 15) is 4.79 Å². The number of nitrogens with two attached hydrogens (primary N) is 1. The van der Waals surface area contributed by atoms with Crippen LogP contribution in [0.3, 0.4) is 0 Å². The number of carbonyl (C=O) groups is 1. The van der Waals surface area contributed by atoms with E-state index in [0.29, 0.717) is 12.5 Å². The van der Waals surface area contributed by atoms with Gasteiger partial charge in [-0.2, -0.15) is 0 Å². The van der Waals surface area contributed by atoms with Crippen molar-refractivity contribution in [1.82, 2.24) is 5.32 Å². The van der Waals surface area contributed by atoms with Gasteiger partial charge in [-0.1, -0.05) is 13.3 Å². The third kappa shape index (κ3) is 3.45. The van der Waals surface area contributed by atoms with Crippen LogP contribution in [0.4, 0.5) is 0 Å². The summed E-state index contributed by atoms with van der Waals surface area (Å²) in [4.78, 5) is 12.2. The predicted octanol–water partition coefficient (Wildman–Crippen LogP) is 1.44. The first kappa shape index (κ1) is 13.8. The molecule has 2 fully saturated rings. The molecule has 4 nitrogen and oxygen atoms in total. The molecule has 3 N–H and O–H groups in total. The van der Waals surface area contributed by atoms with Crippen molar-refractivity contribution >= 4 is 5.91 Å². The molecular formula is C14H26N2O2. The molecule has 0 radical (unpaired) electrons. The Kier molecular flexibility index (Phi) is 5.01. The summed E-state index contributed by atoms with van der Waals surface area (Å²) in [5, 5.41) is 3.04. The molecule has 0 aromatic rings. The van der Waals surface area contributed by atoms with E-state index >= 15 is 0 Å². The van der Waals surface area contributed by atoms with Crippen LogP contribution in [0.5, 0.6) is 0 Å². The molecule has 2 aliphatic rings. The quantitative estimate of drug-likeness (QED) is 0.801. The number of amides is 1. The summed E-state index contributed by atoms with van der Waals surface area (Å²) in [7, 11) is 0. The molecule has 1 amide bonds. The predicted molar refractivity (Wildman–Crippen MR) is 71.1 cm³/mol. The molecule has 2 rings (SSSR count). The van der Waals surface area contributed by atoms with Gasteiger partial charge in [-0.15, -0.1) is 0 Å². The maximum absolute atomic E-state index is 12.2. The van der Waals surface area contributed by atoms with Gasteiger partial charge >= 0.3 is 0 Å². The lowest BCUT2D eigenvalue weighted by molar-refractivity contribution is -0.129. The highest BCUT2D eigenvalue weighted by atomic mass is 16.5. The summed E-state index contributed by atoms with van der Waals surface area (Å²) in [6.07, 6.45) is 6.87. The van der Waals surface area contributed by atoms with E-state index in [1.54, 1.807) is 0 Å². The zero-order chi connectivity index (χ0) is 13.0. The number of hydrogen-bond donors (Lipinski definition) is 2. The molecule has 18 heavy (non-hydrogen) atoms. The van der Waals surface area contributed by atoms with Crippen LogP contribution in [0.25, 0.3) is 0 Å². The van der Waals surface area contributed by atoms with Crippen molar-refractivity contribution in [2.75, 3.05) is 13.2 Å². The third-order valence-electron chi connectivity index (χ3n) is 4.35. The molecule has 4 unspecified atom stereocenters. The fraction of sp³-hybridized carbons (Fsp3) is 0.929. The number of nitrogens with one attached hydrogen (secondary N) is 1. The van der Waals surface area contributed by atoms with Crippen LogP contribution in [0.2, 0.25) is 0 Å². The van der Waals surface area contributed by atoms with E-state index in [1.807, 2.05) is 0 Å². The summed E-state index contributed by atoms with van der Waals surface area (Å²) in [6.45, 7) is 3.62. The smallest absolute Gasteiger partial charge is 0.225 e. The minimum Gasteiger partial charge on any atom is -0.376 e. The monoisotopic (exact) mass is 254 g/mol. The molecule has 0 aromatic heterocycles. The van der Waals surface area contributed by atoms with Crippen molar-refractivity contribution in [3.05, 3.63) is 0 Å². The van der Waals surface area contributed by atoms with Crippen LogP contribution in [-0.2, 0) is 9.53 Å². The van der Waals surface area contributed by atoms with Crippen molar-refractivity contribution in [1.29, 1.82) is 0 Å². The normalized spacial score (nSPS) is 37.2. The average Bonchev–Trinajstić information content (AvgIpc) is 2.37. The summed E-state index contributed by atoms with van der Waals surface area (Å²) < 4.78 is 5.62. The van der Waals surface area contributed by atoms with Gasteiger partial charge in [0.15, 0.2) is 0 Å². The van der Waals surface area contributed by atoms with Crippen LogP contribution in [0.15, 0.2) is 0 Å². The second kappa shape index (κ2) is 6.53. The molecule has 0 aromatic carbocycles. The molecule has 104 valence electrons. The highest BCUT2D eigenvalue weighted by molar-refractivity contribution is 5.79. The van der Waals surface area contributed by atoms with Gasteiger partial charge in [-0.05, 0) is 38.0 Å². The second-order valence-corrected chi connectivity index (χ2v) is 5.83. The number of hydrogen-bond acceptors (Lipinski definition) is 3. The molecule has 0 spiro atoms. The third-order valence-corrected chi connectivity index (χ3v) is 4.35. The molecule has 1 saturated heterocycles. The van der Waals surface area contributed by atoms with Gasteiger partial charge in [-0.3, -0.25) is 4.79 Å². The van der Waals surface area contributed by atoms with Crippen LogP contribution >= 0.6 is 0 Å². The lowest BCUT2D eigenvalue weighted by Gasteiger charge is -2.33. The van der Waals surface area contributed by atoms with Crippen LogP contribution < -0.4 is 11.1 Å². The molecule has 1 aliphatic heterocycles. The van der Waals surface area contributed by atoms with E-state index in [4.69, 9.17) is 10.5 Å². The van der Waals surface area contributed by atoms with Gasteiger partial charge in [0.25, 0.3) is 0 Å². The summed E-state index contributed by atoms with van der Waals surface area (Å²) in [6, 6.07) is 0.0287. The molecule has 4 heteroatoms. The zero-order valence-corrected chi connectivity index (χ0v) is 11.4. The van der Waals surface area contributed by atoms with Crippen molar-refractivity contribution in [2.45, 2.75) is 57.6 Å². The van der Waals surface area contributed by atoms with E-state index in [1.165, 1.54) is 6.42 Å². The Hall–Kier alpha value is -0.610. The number of rotatable bonds is 3. The first-order valence-corrected chi connectivity index (χ1v) is 7.33. The summed E-state index contributed by atoms with van der Waals surface area (Å²) in [5.41, 5.74) is 6.09. The highest BCUT2D eigenvalue weighted by Crippen LogP contribution is 2.29. The first-order chi connectivity index (χ1) is 8.68. The Bertz CT molecular complexity index is 267. The molecule has 1 heterocycles. The minimum absolute atomic E-state index is 0.0117. The Balaban J connectivity index is 1.79. The summed E-state index contributed by atoms with van der Waals surface area (Å²) >= 11 is 0. The van der Waals surface area contributed by atoms with Crippen molar-refractivity contribution in [3.63, 3.8) is 0 Å². The van der Waals surface area contributed by atoms with E-state index in [2.05, 4.69) is 12.2 Å². The molecule has 1 saturated carbocycles. The van der Waals surface area contributed by atoms with E-state index in [-0.39, 0.29) is 24.0 Å². The van der Waals surface area contributed by atoms with Gasteiger partial charge < -0.3 is 15.8 Å². The van der Waals surface area contributed by atoms with Crippen LogP contribution in [0, 0.1) is 11.8 Å². The van der Waals surface area contributed by atoms with Crippen molar-refractivity contribution in [3.8, 4) is 0 Å². The molecule has 0 bridgehead atoms. The van der Waals surface area contributed by atoms with Gasteiger partial charge in [0.1, 0.15) is 0 Å². The minimum atomic E-state index is -0.0117. The van der Waals surface area contributed by atoms with Crippen LogP contribution in [-0.4, -0.2) is 31.2 Å². The molecular weight excluding hydrogens is 228 g/mol. The fourth-order valence-electron chi connectivity index (χ4n) is 3.21. The van der Waals surface area contributed by atoms with Crippen molar-refractivity contribution in [2.24, 2.45) is 17.6 Å². The fourth-order valence-corrected chi connectivity index (χ4v) is 3.21. The van der Waals surface area contributed by atoms with Gasteiger partial charge in [0.05, 0.1) is 12.0 Å². The summed E-state index contributed by atoms with van der Waals surface area (Å²) in [5.74, 6) is 0.521. The first-order valence-electron chi connectivity index (χ1n) is 7.33. The SMILES string of the molecule is CC1CCCC(N)C1C(=O)NCC1CCCCO1. The van der Waals surface area contributed by atoms with E-state index in [0.717, 1.165) is 38.7 Å². The van der Waals surface area contributed by atoms with Gasteiger partial charge in [-0.25, -0.2) is 0 Å². The number of carbonyl (C=O) groups excluding carboxylic acids is 1. The lowest BCUT2D eigenvalue weighted by atomic mass is 9.76. The maximum Gasteiger partial charge on any atom is 0.225 e. The van der Waals surface area contributed by atoms with Gasteiger partial charge in [0, 0.05) is 19.2 Å². The number of ether oxygens (including phenoxy) is 1. The highest BCUT2D eigenvalue weighted by Gasteiger charge is 2.34. The molecule has 4 atom stereocenters. The van der Waals surface area contributed by atoms with Crippen LogP contribution in [0.1, 0.15) is 45.4 Å². The Morgan fingerprint density at radius 3 is 2.78 bits per heavy atom. The average molecular weight is 254 g/mol. The Labute approximate surface area is 110 Å². The lowest BCUT2D eigenvalue weighted by Crippen LogP contribution is -2.49. The molecule has 1 aliphatic carbocycles. The Morgan fingerprint density at radius 1 is 1.28 bits per heavy atom.